The molecule has 1 N–H and O–H groups in total. The maximum Gasteiger partial charge on any atom is 0.0334 e. The van der Waals surface area contributed by atoms with E-state index < -0.39 is 0 Å². The average Bonchev–Trinajstić information content (AvgIpc) is 3.05. The summed E-state index contributed by atoms with van der Waals surface area (Å²) in [6, 6.07) is 3.69. The van der Waals surface area contributed by atoms with Gasteiger partial charge < -0.3 is 5.32 Å². The average molecular weight is 289 g/mol. The van der Waals surface area contributed by atoms with Gasteiger partial charge in [-0.2, -0.15) is 0 Å². The van der Waals surface area contributed by atoms with E-state index in [2.05, 4.69) is 37.5 Å². The number of thiophene rings is 1. The zero-order chi connectivity index (χ0) is 14.0. The zero-order valence-electron chi connectivity index (χ0n) is 13.0. The van der Waals surface area contributed by atoms with Crippen molar-refractivity contribution in [3.8, 4) is 0 Å². The Morgan fingerprint density at radius 3 is 2.85 bits per heavy atom. The summed E-state index contributed by atoms with van der Waals surface area (Å²) in [5.74, 6) is 0.940. The van der Waals surface area contributed by atoms with Gasteiger partial charge in [0, 0.05) is 17.0 Å². The Balaban J connectivity index is 1.61. The predicted molar refractivity (Wildman–Crippen MR) is 86.2 cm³/mol. The number of hydrogen-bond acceptors (Lipinski definition) is 2. The van der Waals surface area contributed by atoms with Gasteiger partial charge in [-0.1, -0.05) is 20.8 Å². The molecule has 1 aromatic heterocycles. The Labute approximate surface area is 127 Å². The minimum Gasteiger partial charge on any atom is -0.306 e. The monoisotopic (exact) mass is 289 g/mol. The molecule has 1 aromatic rings. The molecule has 0 amide bonds. The molecule has 20 heavy (non-hydrogen) atoms. The van der Waals surface area contributed by atoms with Gasteiger partial charge in [0.05, 0.1) is 0 Å². The minimum atomic E-state index is 0.473. The van der Waals surface area contributed by atoms with Crippen LogP contribution in [0.2, 0.25) is 0 Å². The van der Waals surface area contributed by atoms with Crippen LogP contribution in [0.4, 0.5) is 0 Å². The molecule has 2 heteroatoms. The van der Waals surface area contributed by atoms with E-state index in [4.69, 9.17) is 0 Å². The lowest BCUT2D eigenvalue weighted by Gasteiger charge is -2.45. The van der Waals surface area contributed by atoms with Crippen molar-refractivity contribution in [3.05, 3.63) is 21.9 Å². The number of fused-ring (bicyclic) bond motifs is 3. The van der Waals surface area contributed by atoms with Gasteiger partial charge in [-0.3, -0.25) is 0 Å². The molecule has 0 aromatic carbocycles. The second-order valence-corrected chi connectivity index (χ2v) is 9.26. The first-order valence-corrected chi connectivity index (χ1v) is 9.21. The van der Waals surface area contributed by atoms with Gasteiger partial charge in [-0.15, -0.1) is 11.3 Å². The fraction of sp³-hybridized carbons (Fsp3) is 0.778. The first-order chi connectivity index (χ1) is 9.51. The first-order valence-electron chi connectivity index (χ1n) is 8.33. The van der Waals surface area contributed by atoms with Crippen LogP contribution in [0, 0.1) is 16.7 Å². The molecule has 2 saturated carbocycles. The Bertz CT molecular complexity index is 512. The van der Waals surface area contributed by atoms with Crippen LogP contribution in [0.5, 0.6) is 0 Å². The van der Waals surface area contributed by atoms with Crippen molar-refractivity contribution in [2.24, 2.45) is 16.7 Å². The quantitative estimate of drug-likeness (QED) is 0.814. The molecule has 2 unspecified atom stereocenters. The molecule has 1 nitrogen and oxygen atoms in total. The van der Waals surface area contributed by atoms with Gasteiger partial charge in [0.15, 0.2) is 0 Å². The van der Waals surface area contributed by atoms with Gasteiger partial charge in [0.1, 0.15) is 0 Å². The Kier molecular flexibility index (Phi) is 2.89. The van der Waals surface area contributed by atoms with Gasteiger partial charge in [-0.25, -0.2) is 0 Å². The van der Waals surface area contributed by atoms with E-state index in [-0.39, 0.29) is 0 Å². The van der Waals surface area contributed by atoms with Crippen LogP contribution in [0.25, 0.3) is 0 Å². The smallest absolute Gasteiger partial charge is 0.0334 e. The SMILES string of the molecule is CC1(C)C(NC2CCCc3sccc32)[C@]2(C)CC[C@H]1C2. The third-order valence-electron chi connectivity index (χ3n) is 6.69. The maximum atomic E-state index is 4.13. The second kappa shape index (κ2) is 4.33. The summed E-state index contributed by atoms with van der Waals surface area (Å²) >= 11 is 1.96. The molecule has 0 radical (unpaired) electrons. The summed E-state index contributed by atoms with van der Waals surface area (Å²) in [5.41, 5.74) is 2.63. The molecule has 2 fully saturated rings. The van der Waals surface area contributed by atoms with Gasteiger partial charge in [-0.05, 0) is 72.3 Å². The predicted octanol–water partition coefficient (Wildman–Crippen LogP) is 4.93. The van der Waals surface area contributed by atoms with E-state index in [1.807, 2.05) is 11.3 Å². The van der Waals surface area contributed by atoms with Gasteiger partial charge in [0.25, 0.3) is 0 Å². The standard InChI is InChI=1S/C18H27NS/c1-17(2)12-7-9-18(3,11-12)16(17)19-14-5-4-6-15-13(14)8-10-20-15/h8,10,12,14,16,19H,4-7,9,11H2,1-3H3/t12-,14?,16?,18+/m0/s1. The highest BCUT2D eigenvalue weighted by Gasteiger charge is 2.59. The van der Waals surface area contributed by atoms with Crippen LogP contribution in [-0.4, -0.2) is 6.04 Å². The van der Waals surface area contributed by atoms with Gasteiger partial charge in [0.2, 0.25) is 0 Å². The molecule has 0 spiro atoms. The van der Waals surface area contributed by atoms with E-state index in [1.54, 1.807) is 10.4 Å². The normalized spacial score (nSPS) is 41.9. The topological polar surface area (TPSA) is 12.0 Å². The van der Waals surface area contributed by atoms with E-state index >= 15 is 0 Å². The highest BCUT2D eigenvalue weighted by molar-refractivity contribution is 7.10. The van der Waals surface area contributed by atoms with Crippen molar-refractivity contribution < 1.29 is 0 Å². The molecule has 2 bridgehead atoms. The molecular weight excluding hydrogens is 262 g/mol. The van der Waals surface area contributed by atoms with Gasteiger partial charge >= 0.3 is 0 Å². The van der Waals surface area contributed by atoms with E-state index in [0.29, 0.717) is 22.9 Å². The third-order valence-corrected chi connectivity index (χ3v) is 7.69. The van der Waals surface area contributed by atoms with Crippen molar-refractivity contribution in [1.29, 1.82) is 0 Å². The van der Waals surface area contributed by atoms with E-state index in [9.17, 15) is 0 Å². The molecule has 0 aliphatic heterocycles. The van der Waals surface area contributed by atoms with Crippen molar-refractivity contribution in [1.82, 2.24) is 5.32 Å². The number of rotatable bonds is 2. The van der Waals surface area contributed by atoms with Crippen LogP contribution >= 0.6 is 11.3 Å². The van der Waals surface area contributed by atoms with Crippen molar-refractivity contribution >= 4 is 11.3 Å². The second-order valence-electron chi connectivity index (χ2n) is 8.26. The van der Waals surface area contributed by atoms with E-state index in [1.165, 1.54) is 38.5 Å². The summed E-state index contributed by atoms with van der Waals surface area (Å²) < 4.78 is 0. The fourth-order valence-electron chi connectivity index (χ4n) is 5.58. The molecule has 1 heterocycles. The Morgan fingerprint density at radius 1 is 1.25 bits per heavy atom. The van der Waals surface area contributed by atoms with Crippen LogP contribution in [-0.2, 0) is 6.42 Å². The fourth-order valence-corrected chi connectivity index (χ4v) is 6.57. The molecule has 4 rings (SSSR count). The molecule has 3 aliphatic carbocycles. The maximum absolute atomic E-state index is 4.13. The first kappa shape index (κ1) is 13.3. The summed E-state index contributed by atoms with van der Waals surface area (Å²) in [6.07, 6.45) is 8.33. The summed E-state index contributed by atoms with van der Waals surface area (Å²) in [5, 5.41) is 6.42. The lowest BCUT2D eigenvalue weighted by molar-refractivity contribution is 0.0958. The molecule has 3 aliphatic rings. The molecule has 110 valence electrons. The number of hydrogen-bond donors (Lipinski definition) is 1. The number of aryl methyl sites for hydroxylation is 1. The van der Waals surface area contributed by atoms with Crippen molar-refractivity contribution in [3.63, 3.8) is 0 Å². The van der Waals surface area contributed by atoms with Crippen LogP contribution in [0.15, 0.2) is 11.4 Å². The highest BCUT2D eigenvalue weighted by atomic mass is 32.1. The largest absolute Gasteiger partial charge is 0.306 e. The summed E-state index contributed by atoms with van der Waals surface area (Å²) in [7, 11) is 0. The van der Waals surface area contributed by atoms with Crippen LogP contribution < -0.4 is 5.32 Å². The minimum absolute atomic E-state index is 0.473. The van der Waals surface area contributed by atoms with Crippen molar-refractivity contribution in [2.45, 2.75) is 71.4 Å². The molecule has 0 saturated heterocycles. The van der Waals surface area contributed by atoms with Crippen LogP contribution in [0.1, 0.15) is 69.4 Å². The van der Waals surface area contributed by atoms with Crippen molar-refractivity contribution in [2.75, 3.05) is 0 Å². The lowest BCUT2D eigenvalue weighted by Crippen LogP contribution is -2.51. The van der Waals surface area contributed by atoms with Crippen LogP contribution in [0.3, 0.4) is 0 Å². The Morgan fingerprint density at radius 2 is 2.10 bits per heavy atom. The zero-order valence-corrected chi connectivity index (χ0v) is 13.9. The molecule has 4 atom stereocenters. The van der Waals surface area contributed by atoms with E-state index in [0.717, 1.165) is 5.92 Å². The summed E-state index contributed by atoms with van der Waals surface area (Å²) in [6.45, 7) is 7.56. The molecular formula is C18H27NS. The summed E-state index contributed by atoms with van der Waals surface area (Å²) in [4.78, 5) is 1.64. The number of nitrogens with one attached hydrogen (secondary N) is 1. The lowest BCUT2D eigenvalue weighted by atomic mass is 9.68. The third kappa shape index (κ3) is 1.77. The highest BCUT2D eigenvalue weighted by Crippen LogP contribution is 2.62. The Hall–Kier alpha value is -0.340.